The van der Waals surface area contributed by atoms with Gasteiger partial charge in [0.1, 0.15) is 0 Å². The Kier molecular flexibility index (Phi) is 4.09. The number of hydrogen-bond acceptors (Lipinski definition) is 2. The van der Waals surface area contributed by atoms with E-state index in [2.05, 4.69) is 11.4 Å². The lowest BCUT2D eigenvalue weighted by molar-refractivity contribution is 1.15. The van der Waals surface area contributed by atoms with Crippen LogP contribution >= 0.6 is 23.2 Å². The Balaban J connectivity index is 2.07. The maximum Gasteiger partial charge on any atom is 0.0991 e. The molecule has 18 heavy (non-hydrogen) atoms. The van der Waals surface area contributed by atoms with Gasteiger partial charge < -0.3 is 5.32 Å². The molecule has 2 nitrogen and oxygen atoms in total. The Hall–Kier alpha value is -1.69. The third kappa shape index (κ3) is 3.16. The summed E-state index contributed by atoms with van der Waals surface area (Å²) in [6, 6.07) is 14.8. The molecule has 0 saturated heterocycles. The molecule has 0 unspecified atom stereocenters. The molecule has 0 fully saturated rings. The first-order valence-electron chi connectivity index (χ1n) is 5.37. The summed E-state index contributed by atoms with van der Waals surface area (Å²) in [7, 11) is 0. The summed E-state index contributed by atoms with van der Waals surface area (Å²) in [4.78, 5) is 0. The second kappa shape index (κ2) is 5.77. The number of rotatable bonds is 3. The highest BCUT2D eigenvalue weighted by Crippen LogP contribution is 2.25. The fraction of sp³-hybridized carbons (Fsp3) is 0.0714. The van der Waals surface area contributed by atoms with E-state index in [0.29, 0.717) is 22.2 Å². The molecule has 0 radical (unpaired) electrons. The topological polar surface area (TPSA) is 35.8 Å². The van der Waals surface area contributed by atoms with Crippen molar-refractivity contribution in [3.63, 3.8) is 0 Å². The first-order chi connectivity index (χ1) is 8.69. The zero-order valence-corrected chi connectivity index (χ0v) is 11.0. The maximum atomic E-state index is 8.71. The van der Waals surface area contributed by atoms with Gasteiger partial charge in [0.05, 0.1) is 22.3 Å². The predicted molar refractivity (Wildman–Crippen MR) is 74.9 cm³/mol. The van der Waals surface area contributed by atoms with Gasteiger partial charge in [-0.05, 0) is 35.9 Å². The van der Waals surface area contributed by atoms with Gasteiger partial charge in [0.25, 0.3) is 0 Å². The fourth-order valence-electron chi connectivity index (χ4n) is 1.53. The highest BCUT2D eigenvalue weighted by atomic mass is 35.5. The number of anilines is 1. The zero-order valence-electron chi connectivity index (χ0n) is 9.45. The molecule has 2 aromatic rings. The van der Waals surface area contributed by atoms with Crippen molar-refractivity contribution in [3.8, 4) is 6.07 Å². The fourth-order valence-corrected chi connectivity index (χ4v) is 1.88. The largest absolute Gasteiger partial charge is 0.380 e. The van der Waals surface area contributed by atoms with Gasteiger partial charge in [-0.15, -0.1) is 0 Å². The quantitative estimate of drug-likeness (QED) is 0.898. The molecule has 0 aliphatic heterocycles. The molecule has 0 bridgehead atoms. The molecular formula is C14H10Cl2N2. The molecule has 2 rings (SSSR count). The Bertz CT molecular complexity index is 586. The lowest BCUT2D eigenvalue weighted by Gasteiger charge is -2.08. The van der Waals surface area contributed by atoms with E-state index in [1.807, 2.05) is 12.1 Å². The standard InChI is InChI=1S/C14H10Cl2N2/c15-12-5-6-13(16)14(7-12)18-9-11-3-1-10(8-17)2-4-11/h1-7,18H,9H2. The molecule has 0 atom stereocenters. The van der Waals surface area contributed by atoms with Crippen molar-refractivity contribution >= 4 is 28.9 Å². The van der Waals surface area contributed by atoms with Crippen molar-refractivity contribution in [1.82, 2.24) is 0 Å². The zero-order chi connectivity index (χ0) is 13.0. The molecule has 0 aromatic heterocycles. The Morgan fingerprint density at radius 1 is 1.06 bits per heavy atom. The molecule has 0 heterocycles. The van der Waals surface area contributed by atoms with E-state index in [1.54, 1.807) is 30.3 Å². The van der Waals surface area contributed by atoms with Gasteiger partial charge >= 0.3 is 0 Å². The van der Waals surface area contributed by atoms with Crippen LogP contribution in [-0.4, -0.2) is 0 Å². The van der Waals surface area contributed by atoms with Crippen molar-refractivity contribution in [2.75, 3.05) is 5.32 Å². The number of nitriles is 1. The van der Waals surface area contributed by atoms with E-state index < -0.39 is 0 Å². The summed E-state index contributed by atoms with van der Waals surface area (Å²) in [5, 5.41) is 13.2. The average molecular weight is 277 g/mol. The normalized spacial score (nSPS) is 9.83. The number of benzene rings is 2. The number of halogens is 2. The Morgan fingerprint density at radius 2 is 1.78 bits per heavy atom. The van der Waals surface area contributed by atoms with Crippen LogP contribution in [0.2, 0.25) is 10.0 Å². The van der Waals surface area contributed by atoms with E-state index in [1.165, 1.54) is 0 Å². The second-order valence-electron chi connectivity index (χ2n) is 3.79. The summed E-state index contributed by atoms with van der Waals surface area (Å²) in [6.45, 7) is 0.631. The van der Waals surface area contributed by atoms with Crippen LogP contribution in [0, 0.1) is 11.3 Å². The van der Waals surface area contributed by atoms with Crippen molar-refractivity contribution in [3.05, 3.63) is 63.6 Å². The van der Waals surface area contributed by atoms with Gasteiger partial charge in [0.2, 0.25) is 0 Å². The third-order valence-electron chi connectivity index (χ3n) is 2.49. The summed E-state index contributed by atoms with van der Waals surface area (Å²) in [5.74, 6) is 0. The van der Waals surface area contributed by atoms with Gasteiger partial charge in [-0.1, -0.05) is 35.3 Å². The van der Waals surface area contributed by atoms with E-state index in [4.69, 9.17) is 28.5 Å². The van der Waals surface area contributed by atoms with Crippen molar-refractivity contribution in [2.45, 2.75) is 6.54 Å². The van der Waals surface area contributed by atoms with Crippen LogP contribution < -0.4 is 5.32 Å². The van der Waals surface area contributed by atoms with Crippen LogP contribution in [0.4, 0.5) is 5.69 Å². The molecular weight excluding hydrogens is 267 g/mol. The van der Waals surface area contributed by atoms with Gasteiger partial charge in [-0.2, -0.15) is 5.26 Å². The van der Waals surface area contributed by atoms with Gasteiger partial charge in [0, 0.05) is 11.6 Å². The van der Waals surface area contributed by atoms with E-state index >= 15 is 0 Å². The van der Waals surface area contributed by atoms with Crippen LogP contribution in [0.25, 0.3) is 0 Å². The lowest BCUT2D eigenvalue weighted by atomic mass is 10.1. The van der Waals surface area contributed by atoms with Gasteiger partial charge in [0.15, 0.2) is 0 Å². The van der Waals surface area contributed by atoms with Crippen molar-refractivity contribution in [2.24, 2.45) is 0 Å². The van der Waals surface area contributed by atoms with Crippen LogP contribution in [-0.2, 0) is 6.54 Å². The third-order valence-corrected chi connectivity index (χ3v) is 3.06. The molecule has 0 amide bonds. The minimum Gasteiger partial charge on any atom is -0.380 e. The van der Waals surface area contributed by atoms with E-state index in [0.717, 1.165) is 11.3 Å². The predicted octanol–water partition coefficient (Wildman–Crippen LogP) is 4.48. The summed E-state index contributed by atoms with van der Waals surface area (Å²) in [6.07, 6.45) is 0. The molecule has 0 aliphatic carbocycles. The van der Waals surface area contributed by atoms with E-state index in [-0.39, 0.29) is 0 Å². The smallest absolute Gasteiger partial charge is 0.0991 e. The van der Waals surface area contributed by atoms with Crippen molar-refractivity contribution in [1.29, 1.82) is 5.26 Å². The molecule has 0 saturated carbocycles. The minimum atomic E-state index is 0.631. The highest BCUT2D eigenvalue weighted by Gasteiger charge is 2.01. The first-order valence-corrected chi connectivity index (χ1v) is 6.12. The van der Waals surface area contributed by atoms with Gasteiger partial charge in [-0.3, -0.25) is 0 Å². The van der Waals surface area contributed by atoms with Crippen LogP contribution in [0.1, 0.15) is 11.1 Å². The highest BCUT2D eigenvalue weighted by molar-refractivity contribution is 6.35. The van der Waals surface area contributed by atoms with Gasteiger partial charge in [-0.25, -0.2) is 0 Å². The summed E-state index contributed by atoms with van der Waals surface area (Å²) in [5.41, 5.74) is 2.53. The number of hydrogen-bond donors (Lipinski definition) is 1. The van der Waals surface area contributed by atoms with Crippen LogP contribution in [0.5, 0.6) is 0 Å². The SMILES string of the molecule is N#Cc1ccc(CNc2cc(Cl)ccc2Cl)cc1. The monoisotopic (exact) mass is 276 g/mol. The Labute approximate surface area is 116 Å². The molecule has 0 spiro atoms. The minimum absolute atomic E-state index is 0.631. The molecule has 2 aromatic carbocycles. The second-order valence-corrected chi connectivity index (χ2v) is 4.63. The number of nitrogens with one attached hydrogen (secondary N) is 1. The molecule has 90 valence electrons. The van der Waals surface area contributed by atoms with Crippen LogP contribution in [0.3, 0.4) is 0 Å². The molecule has 1 N–H and O–H groups in total. The lowest BCUT2D eigenvalue weighted by Crippen LogP contribution is -1.99. The summed E-state index contributed by atoms with van der Waals surface area (Å²) >= 11 is 11.9. The average Bonchev–Trinajstić information content (AvgIpc) is 2.40. The molecule has 4 heteroatoms. The Morgan fingerprint density at radius 3 is 2.44 bits per heavy atom. The van der Waals surface area contributed by atoms with E-state index in [9.17, 15) is 0 Å². The number of nitrogens with zero attached hydrogens (tertiary/aromatic N) is 1. The first kappa shape index (κ1) is 12.8. The molecule has 0 aliphatic rings. The van der Waals surface area contributed by atoms with Crippen molar-refractivity contribution < 1.29 is 0 Å². The summed E-state index contributed by atoms with van der Waals surface area (Å²) < 4.78 is 0. The maximum absolute atomic E-state index is 8.71. The van der Waals surface area contributed by atoms with Crippen LogP contribution in [0.15, 0.2) is 42.5 Å².